The van der Waals surface area contributed by atoms with Crippen molar-refractivity contribution in [3.05, 3.63) is 284 Å². The van der Waals surface area contributed by atoms with Crippen molar-refractivity contribution in [3.8, 4) is 33.4 Å². The van der Waals surface area contributed by atoms with Crippen molar-refractivity contribution < 1.29 is 0 Å². The Morgan fingerprint density at radius 2 is 0.583 bits per heavy atom. The van der Waals surface area contributed by atoms with Gasteiger partial charge in [0.1, 0.15) is 0 Å². The second-order valence-corrected chi connectivity index (χ2v) is 19.5. The maximum atomic E-state index is 2.41. The van der Waals surface area contributed by atoms with E-state index in [0.717, 1.165) is 56.7 Å². The summed E-state index contributed by atoms with van der Waals surface area (Å²) in [4.78, 5) is 7.18. The van der Waals surface area contributed by atoms with E-state index in [4.69, 9.17) is 0 Å². The number of fused-ring (bicyclic) bond motifs is 3. The summed E-state index contributed by atoms with van der Waals surface area (Å²) in [7, 11) is 0. The average molecular weight is 942 g/mol. The van der Waals surface area contributed by atoms with E-state index in [1.165, 1.54) is 59.1 Å². The summed E-state index contributed by atoms with van der Waals surface area (Å²) in [5.74, 6) is 0. The lowest BCUT2D eigenvalue weighted by Crippen LogP contribution is -2.16. The highest BCUT2D eigenvalue weighted by atomic mass is 32.1. The van der Waals surface area contributed by atoms with E-state index in [1.807, 2.05) is 11.3 Å². The topological polar surface area (TPSA) is 9.72 Å². The maximum absolute atomic E-state index is 2.41. The van der Waals surface area contributed by atoms with E-state index in [2.05, 4.69) is 302 Å². The van der Waals surface area contributed by atoms with Gasteiger partial charge in [0.2, 0.25) is 0 Å². The molecule has 1 heterocycles. The number of nitrogens with zero attached hydrogens (tertiary/aromatic N) is 3. The molecule has 0 unspecified atom stereocenters. The first kappa shape index (κ1) is 44.3. The molecule has 0 aliphatic carbocycles. The minimum absolute atomic E-state index is 1.02. The molecule has 3 nitrogen and oxygen atoms in total. The van der Waals surface area contributed by atoms with Crippen molar-refractivity contribution in [1.29, 1.82) is 0 Å². The molecule has 0 radical (unpaired) electrons. The molecule has 0 amide bonds. The van der Waals surface area contributed by atoms with Crippen molar-refractivity contribution >= 4 is 82.7 Å². The Balaban J connectivity index is 1.06. The van der Waals surface area contributed by atoms with Crippen LogP contribution in [0.3, 0.4) is 0 Å². The molecule has 344 valence electrons. The van der Waals surface area contributed by atoms with Gasteiger partial charge in [0.25, 0.3) is 0 Å². The molecule has 0 saturated carbocycles. The fourth-order valence-corrected chi connectivity index (χ4v) is 11.1. The Labute approximate surface area is 426 Å². The van der Waals surface area contributed by atoms with Gasteiger partial charge in [0.15, 0.2) is 0 Å². The fraction of sp³-hybridized carbons (Fsp3) is 0.0294. The van der Waals surface area contributed by atoms with E-state index in [-0.39, 0.29) is 0 Å². The molecule has 0 aliphatic rings. The first-order chi connectivity index (χ1) is 35.5. The summed E-state index contributed by atoms with van der Waals surface area (Å²) in [6, 6.07) is 99.3. The number of aryl methyl sites for hydroxylation is 2. The molecule has 72 heavy (non-hydrogen) atoms. The smallest absolute Gasteiger partial charge is 0.0503 e. The van der Waals surface area contributed by atoms with Gasteiger partial charge in [-0.1, -0.05) is 158 Å². The SMILES string of the molecule is Cc1cccc(N(c2ccccc2)c2cc(N(c3ccc(-c4cccc(-c5ccccc5)c4)cc3)c3ccc(-c4ccc5sc6ccccc6c5c4)cc3)cc(N(c3ccccc3)c3cccc(C)c3)c2)c1. The van der Waals surface area contributed by atoms with Crippen molar-refractivity contribution in [1.82, 2.24) is 0 Å². The van der Waals surface area contributed by atoms with E-state index < -0.39 is 0 Å². The van der Waals surface area contributed by atoms with Gasteiger partial charge in [0.05, 0.1) is 17.1 Å². The summed E-state index contributed by atoms with van der Waals surface area (Å²) in [5, 5.41) is 2.60. The molecule has 1 aromatic heterocycles. The number of thiophene rings is 1. The lowest BCUT2D eigenvalue weighted by molar-refractivity contribution is 1.22. The molecule has 0 N–H and O–H groups in total. The fourth-order valence-electron chi connectivity index (χ4n) is 10.0. The van der Waals surface area contributed by atoms with Crippen LogP contribution in [0.2, 0.25) is 0 Å². The van der Waals surface area contributed by atoms with Crippen LogP contribution in [0.15, 0.2) is 273 Å². The molecule has 11 aromatic carbocycles. The van der Waals surface area contributed by atoms with Gasteiger partial charge >= 0.3 is 0 Å². The van der Waals surface area contributed by atoms with Crippen LogP contribution in [0.5, 0.6) is 0 Å². The molecule has 12 aromatic rings. The molecule has 0 atom stereocenters. The van der Waals surface area contributed by atoms with Gasteiger partial charge in [-0.15, -0.1) is 11.3 Å². The molecule has 0 fully saturated rings. The number of anilines is 9. The molecular weight excluding hydrogens is 891 g/mol. The molecule has 0 saturated heterocycles. The Bertz CT molecular complexity index is 3720. The first-order valence-electron chi connectivity index (χ1n) is 24.6. The van der Waals surface area contributed by atoms with Crippen LogP contribution >= 0.6 is 11.3 Å². The number of hydrogen-bond acceptors (Lipinski definition) is 4. The summed E-state index contributed by atoms with van der Waals surface area (Å²) >= 11 is 1.85. The van der Waals surface area contributed by atoms with Crippen LogP contribution in [0.25, 0.3) is 53.6 Å². The van der Waals surface area contributed by atoms with Crippen molar-refractivity contribution in [2.45, 2.75) is 13.8 Å². The monoisotopic (exact) mass is 941 g/mol. The van der Waals surface area contributed by atoms with Crippen molar-refractivity contribution in [3.63, 3.8) is 0 Å². The van der Waals surface area contributed by atoms with Gasteiger partial charge in [-0.25, -0.2) is 0 Å². The van der Waals surface area contributed by atoms with E-state index >= 15 is 0 Å². The second-order valence-electron chi connectivity index (χ2n) is 18.4. The normalized spacial score (nSPS) is 11.2. The summed E-state index contributed by atoms with van der Waals surface area (Å²) in [6.45, 7) is 4.33. The zero-order valence-corrected chi connectivity index (χ0v) is 41.0. The largest absolute Gasteiger partial charge is 0.310 e. The van der Waals surface area contributed by atoms with Gasteiger partial charge in [-0.2, -0.15) is 0 Å². The Kier molecular flexibility index (Phi) is 12.0. The minimum atomic E-state index is 1.02. The van der Waals surface area contributed by atoms with E-state index in [1.54, 1.807) is 0 Å². The third-order valence-electron chi connectivity index (χ3n) is 13.5. The number of para-hydroxylation sites is 2. The van der Waals surface area contributed by atoms with Crippen LogP contribution in [0.1, 0.15) is 11.1 Å². The molecule has 12 rings (SSSR count). The highest BCUT2D eigenvalue weighted by molar-refractivity contribution is 7.25. The van der Waals surface area contributed by atoms with E-state index in [0.29, 0.717) is 0 Å². The number of benzene rings is 11. The highest BCUT2D eigenvalue weighted by Crippen LogP contribution is 2.47. The third-order valence-corrected chi connectivity index (χ3v) is 14.6. The number of rotatable bonds is 12. The zero-order chi connectivity index (χ0) is 48.4. The first-order valence-corrected chi connectivity index (χ1v) is 25.4. The summed E-state index contributed by atoms with van der Waals surface area (Å²) in [6.07, 6.45) is 0. The van der Waals surface area contributed by atoms with Crippen LogP contribution in [0.4, 0.5) is 51.2 Å². The molecule has 4 heteroatoms. The zero-order valence-electron chi connectivity index (χ0n) is 40.2. The minimum Gasteiger partial charge on any atom is -0.310 e. The van der Waals surface area contributed by atoms with Crippen LogP contribution in [-0.4, -0.2) is 0 Å². The maximum Gasteiger partial charge on any atom is 0.0503 e. The molecule has 0 bridgehead atoms. The highest BCUT2D eigenvalue weighted by Gasteiger charge is 2.23. The lowest BCUT2D eigenvalue weighted by atomic mass is 9.98. The summed E-state index contributed by atoms with van der Waals surface area (Å²) in [5.41, 5.74) is 19.0. The Morgan fingerprint density at radius 3 is 1.10 bits per heavy atom. The van der Waals surface area contributed by atoms with E-state index in [9.17, 15) is 0 Å². The predicted octanol–water partition coefficient (Wildman–Crippen LogP) is 20.1. The third kappa shape index (κ3) is 8.92. The predicted molar refractivity (Wildman–Crippen MR) is 309 cm³/mol. The van der Waals surface area contributed by atoms with Gasteiger partial charge < -0.3 is 14.7 Å². The van der Waals surface area contributed by atoms with Crippen LogP contribution in [0, 0.1) is 13.8 Å². The van der Waals surface area contributed by atoms with Gasteiger partial charge in [-0.3, -0.25) is 0 Å². The summed E-state index contributed by atoms with van der Waals surface area (Å²) < 4.78 is 2.62. The molecule has 0 aliphatic heterocycles. The van der Waals surface area contributed by atoms with Crippen molar-refractivity contribution in [2.24, 2.45) is 0 Å². The van der Waals surface area contributed by atoms with Gasteiger partial charge in [-0.05, 0) is 174 Å². The molecular formula is C68H51N3S. The lowest BCUT2D eigenvalue weighted by Gasteiger charge is -2.33. The van der Waals surface area contributed by atoms with Crippen LogP contribution < -0.4 is 14.7 Å². The number of hydrogen-bond donors (Lipinski definition) is 0. The molecule has 0 spiro atoms. The quantitative estimate of drug-likeness (QED) is 0.121. The average Bonchev–Trinajstić information content (AvgIpc) is 3.81. The Hall–Kier alpha value is -8.96. The Morgan fingerprint density at radius 1 is 0.222 bits per heavy atom. The van der Waals surface area contributed by atoms with Crippen molar-refractivity contribution in [2.75, 3.05) is 14.7 Å². The van der Waals surface area contributed by atoms with Gasteiger partial charge in [0, 0.05) is 54.3 Å². The second kappa shape index (κ2) is 19.4. The standard InChI is InChI=1S/C68H51N3S/c1-48-17-14-27-60(41-48)70(56-23-8-4-9-24-56)63-45-62(46-64(47-63)71(57-25-10-5-11-26-57)61-28-15-18-49(2)42-61)69(58-36-31-51(32-37-58)54-22-16-21-53(43-54)50-19-6-3-7-20-50)59-38-33-52(34-39-59)55-35-40-68-66(44-55)65-29-12-13-30-67(65)72-68/h3-47H,1-2H3. The van der Waals surface area contributed by atoms with Crippen LogP contribution in [-0.2, 0) is 0 Å².